The van der Waals surface area contributed by atoms with Crippen LogP contribution in [0.4, 0.5) is 0 Å². The van der Waals surface area contributed by atoms with Crippen LogP contribution in [0.5, 0.6) is 17.2 Å². The molecule has 2 aromatic carbocycles. The van der Waals surface area contributed by atoms with Crippen LogP contribution in [-0.2, 0) is 0 Å². The highest BCUT2D eigenvalue weighted by molar-refractivity contribution is 7.21. The summed E-state index contributed by atoms with van der Waals surface area (Å²) in [7, 11) is 4.69. The molecule has 0 radical (unpaired) electrons. The summed E-state index contributed by atoms with van der Waals surface area (Å²) in [6.45, 7) is 2.00. The molecule has 0 N–H and O–H groups in total. The molecule has 5 rings (SSSR count). The van der Waals surface area contributed by atoms with Crippen molar-refractivity contribution >= 4 is 21.6 Å². The molecule has 0 aliphatic heterocycles. The monoisotopic (exact) mass is 448 g/mol. The van der Waals surface area contributed by atoms with Crippen LogP contribution in [0.2, 0.25) is 0 Å². The summed E-state index contributed by atoms with van der Waals surface area (Å²) in [5.41, 5.74) is 2.62. The first-order valence-corrected chi connectivity index (χ1v) is 10.6. The predicted molar refractivity (Wildman–Crippen MR) is 122 cm³/mol. The number of hydrogen-bond acceptors (Lipinski definition) is 8. The molecule has 3 heterocycles. The molecular weight excluding hydrogens is 428 g/mol. The molecule has 0 saturated heterocycles. The van der Waals surface area contributed by atoms with E-state index < -0.39 is 0 Å². The number of para-hydroxylation sites is 1. The predicted octanol–water partition coefficient (Wildman–Crippen LogP) is 5.14. The van der Waals surface area contributed by atoms with Crippen molar-refractivity contribution in [2.75, 3.05) is 21.3 Å². The van der Waals surface area contributed by atoms with E-state index in [9.17, 15) is 0 Å². The maximum absolute atomic E-state index is 5.57. The molecule has 0 fully saturated rings. The summed E-state index contributed by atoms with van der Waals surface area (Å²) in [6.07, 6.45) is 0. The Morgan fingerprint density at radius 3 is 2.31 bits per heavy atom. The Balaban J connectivity index is 1.56. The summed E-state index contributed by atoms with van der Waals surface area (Å²) < 4.78 is 23.7. The zero-order valence-electron chi connectivity index (χ0n) is 17.9. The van der Waals surface area contributed by atoms with E-state index in [1.54, 1.807) is 44.8 Å². The summed E-state index contributed by atoms with van der Waals surface area (Å²) in [6, 6.07) is 15.6. The van der Waals surface area contributed by atoms with Gasteiger partial charge in [-0.15, -0.1) is 11.3 Å². The third kappa shape index (κ3) is 3.27. The molecule has 0 saturated carbocycles. The van der Waals surface area contributed by atoms with Gasteiger partial charge in [0.2, 0.25) is 11.6 Å². The zero-order chi connectivity index (χ0) is 22.2. The molecule has 0 amide bonds. The number of aryl methyl sites for hydroxylation is 1. The van der Waals surface area contributed by atoms with Crippen molar-refractivity contribution in [2.45, 2.75) is 6.92 Å². The van der Waals surface area contributed by atoms with Crippen LogP contribution in [0.25, 0.3) is 38.1 Å². The fraction of sp³-hybridized carbons (Fsp3) is 0.174. The fourth-order valence-electron chi connectivity index (χ4n) is 3.55. The maximum Gasteiger partial charge on any atom is 0.258 e. The number of rotatable bonds is 6. The number of thiophene rings is 1. The Morgan fingerprint density at radius 2 is 1.66 bits per heavy atom. The number of methoxy groups -OCH3 is 3. The minimum absolute atomic E-state index is 0.359. The normalized spacial score (nSPS) is 11.1. The van der Waals surface area contributed by atoms with Gasteiger partial charge in [-0.3, -0.25) is 0 Å². The first-order chi connectivity index (χ1) is 15.6. The number of fused-ring (bicyclic) bond motifs is 1. The van der Waals surface area contributed by atoms with Gasteiger partial charge in [-0.25, -0.2) is 4.68 Å². The highest BCUT2D eigenvalue weighted by Gasteiger charge is 2.20. The van der Waals surface area contributed by atoms with Gasteiger partial charge in [0.05, 0.1) is 37.6 Å². The minimum atomic E-state index is 0.359. The maximum atomic E-state index is 5.57. The second-order valence-electron chi connectivity index (χ2n) is 7.00. The van der Waals surface area contributed by atoms with E-state index >= 15 is 0 Å². The molecular formula is C23H20N4O4S. The molecule has 0 atom stereocenters. The average Bonchev–Trinajstić information content (AvgIpc) is 3.55. The lowest BCUT2D eigenvalue weighted by Crippen LogP contribution is -1.95. The Labute approximate surface area is 188 Å². The van der Waals surface area contributed by atoms with Crippen molar-refractivity contribution in [3.8, 4) is 45.1 Å². The van der Waals surface area contributed by atoms with Gasteiger partial charge in [-0.1, -0.05) is 23.4 Å². The number of aromatic nitrogens is 4. The SMILES string of the molecule is COc1cc(-c2nc(-c3cc4c(C)nn(-c5ccccc5)c4s3)no2)cc(OC)c1OC. The highest BCUT2D eigenvalue weighted by Crippen LogP contribution is 2.41. The minimum Gasteiger partial charge on any atom is -0.493 e. The van der Waals surface area contributed by atoms with Crippen LogP contribution < -0.4 is 14.2 Å². The zero-order valence-corrected chi connectivity index (χ0v) is 18.8. The summed E-state index contributed by atoms with van der Waals surface area (Å²) in [4.78, 5) is 6.54. The molecule has 162 valence electrons. The van der Waals surface area contributed by atoms with Crippen molar-refractivity contribution in [3.05, 3.63) is 54.2 Å². The van der Waals surface area contributed by atoms with Gasteiger partial charge in [0.25, 0.3) is 5.89 Å². The van der Waals surface area contributed by atoms with Crippen molar-refractivity contribution < 1.29 is 18.7 Å². The molecule has 32 heavy (non-hydrogen) atoms. The molecule has 5 aromatic rings. The number of hydrogen-bond donors (Lipinski definition) is 0. The molecule has 0 spiro atoms. The van der Waals surface area contributed by atoms with Crippen LogP contribution in [0, 0.1) is 6.92 Å². The Hall–Kier alpha value is -3.85. The lowest BCUT2D eigenvalue weighted by Gasteiger charge is -2.12. The summed E-state index contributed by atoms with van der Waals surface area (Å²) >= 11 is 1.57. The Kier molecular flexibility index (Phi) is 5.02. The van der Waals surface area contributed by atoms with Crippen molar-refractivity contribution in [2.24, 2.45) is 0 Å². The largest absolute Gasteiger partial charge is 0.493 e. The van der Waals surface area contributed by atoms with E-state index in [-0.39, 0.29) is 0 Å². The highest BCUT2D eigenvalue weighted by atomic mass is 32.1. The van der Waals surface area contributed by atoms with E-state index in [0.29, 0.717) is 34.5 Å². The molecule has 0 aliphatic rings. The lowest BCUT2D eigenvalue weighted by molar-refractivity contribution is 0.324. The lowest BCUT2D eigenvalue weighted by atomic mass is 10.2. The third-order valence-electron chi connectivity index (χ3n) is 5.10. The first-order valence-electron chi connectivity index (χ1n) is 9.82. The molecule has 8 nitrogen and oxygen atoms in total. The van der Waals surface area contributed by atoms with Crippen LogP contribution in [0.3, 0.4) is 0 Å². The van der Waals surface area contributed by atoms with Crippen LogP contribution in [0.1, 0.15) is 5.69 Å². The molecule has 0 unspecified atom stereocenters. The van der Waals surface area contributed by atoms with Crippen molar-refractivity contribution in [3.63, 3.8) is 0 Å². The molecule has 0 bridgehead atoms. The van der Waals surface area contributed by atoms with E-state index in [0.717, 1.165) is 26.5 Å². The van der Waals surface area contributed by atoms with E-state index in [2.05, 4.69) is 15.2 Å². The topological polar surface area (TPSA) is 84.4 Å². The van der Waals surface area contributed by atoms with Crippen LogP contribution in [-0.4, -0.2) is 41.3 Å². The van der Waals surface area contributed by atoms with Gasteiger partial charge >= 0.3 is 0 Å². The third-order valence-corrected chi connectivity index (χ3v) is 6.21. The standard InChI is InChI=1S/C23H20N4O4S/c1-13-16-12-19(32-23(16)27(25-13)15-8-6-5-7-9-15)21-24-22(31-26-21)14-10-17(28-2)20(30-4)18(11-14)29-3/h5-12H,1-4H3. The van der Waals surface area contributed by atoms with Gasteiger partial charge in [-0.05, 0) is 37.3 Å². The Morgan fingerprint density at radius 1 is 0.938 bits per heavy atom. The second-order valence-corrected chi connectivity index (χ2v) is 8.03. The number of ether oxygens (including phenoxy) is 3. The summed E-state index contributed by atoms with van der Waals surface area (Å²) in [5.74, 6) is 2.40. The first kappa shape index (κ1) is 20.1. The second kappa shape index (κ2) is 8.01. The molecule has 0 aliphatic carbocycles. The van der Waals surface area contributed by atoms with Crippen LogP contribution in [0.15, 0.2) is 53.1 Å². The Bertz CT molecular complexity index is 1380. The van der Waals surface area contributed by atoms with Gasteiger partial charge in [0, 0.05) is 10.9 Å². The summed E-state index contributed by atoms with van der Waals surface area (Å²) in [5, 5.41) is 9.95. The van der Waals surface area contributed by atoms with Gasteiger partial charge in [0.1, 0.15) is 4.83 Å². The van der Waals surface area contributed by atoms with Crippen LogP contribution >= 0.6 is 11.3 Å². The van der Waals surface area contributed by atoms with Gasteiger partial charge in [-0.2, -0.15) is 10.1 Å². The van der Waals surface area contributed by atoms with Gasteiger partial charge in [0.15, 0.2) is 11.5 Å². The van der Waals surface area contributed by atoms with E-state index in [1.807, 2.05) is 48.0 Å². The number of nitrogens with zero attached hydrogens (tertiary/aromatic N) is 4. The van der Waals surface area contributed by atoms with E-state index in [1.165, 1.54) is 0 Å². The average molecular weight is 449 g/mol. The molecule has 3 aromatic heterocycles. The molecule has 9 heteroatoms. The van der Waals surface area contributed by atoms with Gasteiger partial charge < -0.3 is 18.7 Å². The number of benzene rings is 2. The smallest absolute Gasteiger partial charge is 0.258 e. The van der Waals surface area contributed by atoms with E-state index in [4.69, 9.17) is 18.7 Å². The van der Waals surface area contributed by atoms with Crippen molar-refractivity contribution in [1.29, 1.82) is 0 Å². The fourth-order valence-corrected chi connectivity index (χ4v) is 4.66. The quantitative estimate of drug-likeness (QED) is 0.356. The van der Waals surface area contributed by atoms with Crippen molar-refractivity contribution in [1.82, 2.24) is 19.9 Å².